The van der Waals surface area contributed by atoms with Gasteiger partial charge in [0.2, 0.25) is 0 Å². The number of nitrogens with zero attached hydrogens (tertiary/aromatic N) is 1. The Morgan fingerprint density at radius 2 is 1.90 bits per heavy atom. The van der Waals surface area contributed by atoms with Crippen LogP contribution >= 0.6 is 0 Å². The second-order valence-electron chi connectivity index (χ2n) is 6.66. The van der Waals surface area contributed by atoms with Crippen molar-refractivity contribution in [2.45, 2.75) is 39.3 Å². The van der Waals surface area contributed by atoms with Gasteiger partial charge in [-0.15, -0.1) is 0 Å². The molecule has 0 aliphatic carbocycles. The Hall–Kier alpha value is -3.42. The number of rotatable bonds is 10. The first-order valence-electron chi connectivity index (χ1n) is 9.43. The van der Waals surface area contributed by atoms with Gasteiger partial charge in [0.25, 0.3) is 11.6 Å². The van der Waals surface area contributed by atoms with Crippen molar-refractivity contribution in [1.29, 1.82) is 0 Å². The number of benzene rings is 2. The molecule has 0 radical (unpaired) electrons. The van der Waals surface area contributed by atoms with Crippen molar-refractivity contribution in [2.24, 2.45) is 0 Å². The van der Waals surface area contributed by atoms with Crippen LogP contribution in [0.1, 0.15) is 42.6 Å². The van der Waals surface area contributed by atoms with Crippen LogP contribution in [0.25, 0.3) is 0 Å². The molecule has 0 spiro atoms. The Bertz CT molecular complexity index is 855. The predicted molar refractivity (Wildman–Crippen MR) is 110 cm³/mol. The molecule has 8 nitrogen and oxygen atoms in total. The number of nitrogens with one attached hydrogen (secondary N) is 2. The van der Waals surface area contributed by atoms with Crippen LogP contribution in [0, 0.1) is 10.1 Å². The Morgan fingerprint density at radius 1 is 1.17 bits per heavy atom. The van der Waals surface area contributed by atoms with E-state index in [1.165, 1.54) is 12.1 Å². The number of hydrogen-bond donors (Lipinski definition) is 2. The van der Waals surface area contributed by atoms with E-state index in [1.807, 2.05) is 44.2 Å². The van der Waals surface area contributed by atoms with E-state index in [4.69, 9.17) is 4.74 Å². The molecule has 8 heteroatoms. The number of hydrogen-bond acceptors (Lipinski definition) is 6. The van der Waals surface area contributed by atoms with E-state index in [0.717, 1.165) is 24.5 Å². The maximum atomic E-state index is 12.2. The number of ether oxygens (including phenoxy) is 1. The number of amides is 1. The van der Waals surface area contributed by atoms with Crippen molar-refractivity contribution in [1.82, 2.24) is 5.32 Å². The molecule has 2 N–H and O–H groups in total. The first-order valence-corrected chi connectivity index (χ1v) is 9.43. The zero-order valence-electron chi connectivity index (χ0n) is 16.5. The van der Waals surface area contributed by atoms with E-state index in [-0.39, 0.29) is 17.3 Å². The molecule has 1 amide bonds. The van der Waals surface area contributed by atoms with Gasteiger partial charge in [-0.05, 0) is 31.0 Å². The Balaban J connectivity index is 2.00. The van der Waals surface area contributed by atoms with Crippen molar-refractivity contribution >= 4 is 23.3 Å². The topological polar surface area (TPSA) is 111 Å². The van der Waals surface area contributed by atoms with Gasteiger partial charge in [-0.25, -0.2) is 4.79 Å². The number of nitro groups is 1. The standard InChI is InChI=1S/C21H25N3O5/c1-3-7-15(2)23-20(25)14-29-21(26)17-10-11-18(19(12-17)24(27)28)22-13-16-8-5-4-6-9-16/h4-6,8-12,15,22H,3,7,13-14H2,1-2H3,(H,23,25)/t15-/m1/s1. The minimum atomic E-state index is -0.791. The third kappa shape index (κ3) is 6.91. The molecule has 2 aromatic rings. The quantitative estimate of drug-likeness (QED) is 0.358. The van der Waals surface area contributed by atoms with Gasteiger partial charge in [0, 0.05) is 18.7 Å². The van der Waals surface area contributed by atoms with E-state index >= 15 is 0 Å². The van der Waals surface area contributed by atoms with E-state index in [1.54, 1.807) is 0 Å². The highest BCUT2D eigenvalue weighted by Crippen LogP contribution is 2.26. The molecule has 0 saturated carbocycles. The molecule has 1 atom stereocenters. The Labute approximate surface area is 169 Å². The molecule has 0 bridgehead atoms. The maximum absolute atomic E-state index is 12.2. The lowest BCUT2D eigenvalue weighted by Gasteiger charge is -2.13. The monoisotopic (exact) mass is 399 g/mol. The average molecular weight is 399 g/mol. The van der Waals surface area contributed by atoms with Crippen LogP contribution in [-0.4, -0.2) is 29.4 Å². The molecular formula is C21H25N3O5. The second-order valence-corrected chi connectivity index (χ2v) is 6.66. The van der Waals surface area contributed by atoms with Gasteiger partial charge in [-0.2, -0.15) is 0 Å². The van der Waals surface area contributed by atoms with Crippen LogP contribution in [0.3, 0.4) is 0 Å². The largest absolute Gasteiger partial charge is 0.452 e. The van der Waals surface area contributed by atoms with Crippen LogP contribution in [0.5, 0.6) is 0 Å². The van der Waals surface area contributed by atoms with Crippen LogP contribution in [-0.2, 0) is 16.1 Å². The van der Waals surface area contributed by atoms with Crippen molar-refractivity contribution in [3.63, 3.8) is 0 Å². The summed E-state index contributed by atoms with van der Waals surface area (Å²) < 4.78 is 4.98. The smallest absolute Gasteiger partial charge is 0.338 e. The lowest BCUT2D eigenvalue weighted by Crippen LogP contribution is -2.35. The van der Waals surface area contributed by atoms with E-state index in [0.29, 0.717) is 12.2 Å². The summed E-state index contributed by atoms with van der Waals surface area (Å²) in [6.45, 7) is 3.85. The SMILES string of the molecule is CCC[C@@H](C)NC(=O)COC(=O)c1ccc(NCc2ccccc2)c([N+](=O)[O-])c1. The first-order chi connectivity index (χ1) is 13.9. The zero-order valence-corrected chi connectivity index (χ0v) is 16.5. The van der Waals surface area contributed by atoms with Gasteiger partial charge in [-0.1, -0.05) is 43.7 Å². The minimum Gasteiger partial charge on any atom is -0.452 e. The molecular weight excluding hydrogens is 374 g/mol. The molecule has 29 heavy (non-hydrogen) atoms. The van der Waals surface area contributed by atoms with Crippen molar-refractivity contribution in [2.75, 3.05) is 11.9 Å². The van der Waals surface area contributed by atoms with Gasteiger partial charge < -0.3 is 15.4 Å². The first kappa shape index (κ1) is 21.9. The highest BCUT2D eigenvalue weighted by Gasteiger charge is 2.19. The number of nitro benzene ring substituents is 1. The average Bonchev–Trinajstić information content (AvgIpc) is 2.71. The zero-order chi connectivity index (χ0) is 21.2. The number of carbonyl (C=O) groups excluding carboxylic acids is 2. The van der Waals surface area contributed by atoms with Gasteiger partial charge in [-0.3, -0.25) is 14.9 Å². The summed E-state index contributed by atoms with van der Waals surface area (Å²) in [5, 5.41) is 17.1. The number of anilines is 1. The molecule has 0 unspecified atom stereocenters. The van der Waals surface area contributed by atoms with Crippen molar-refractivity contribution in [3.05, 3.63) is 69.8 Å². The molecule has 2 rings (SSSR count). The van der Waals surface area contributed by atoms with Crippen LogP contribution < -0.4 is 10.6 Å². The van der Waals surface area contributed by atoms with Gasteiger partial charge in [0.1, 0.15) is 5.69 Å². The third-order valence-electron chi connectivity index (χ3n) is 4.22. The van der Waals surface area contributed by atoms with Gasteiger partial charge in [0.05, 0.1) is 10.5 Å². The fourth-order valence-corrected chi connectivity index (χ4v) is 2.79. The van der Waals surface area contributed by atoms with Crippen molar-refractivity contribution in [3.8, 4) is 0 Å². The second kappa shape index (κ2) is 10.8. The normalized spacial score (nSPS) is 11.4. The fraction of sp³-hybridized carbons (Fsp3) is 0.333. The summed E-state index contributed by atoms with van der Waals surface area (Å²) in [6.07, 6.45) is 1.75. The molecule has 0 saturated heterocycles. The molecule has 0 fully saturated rings. The Kier molecular flexibility index (Phi) is 8.14. The lowest BCUT2D eigenvalue weighted by atomic mass is 10.1. The summed E-state index contributed by atoms with van der Waals surface area (Å²) in [5.74, 6) is -1.20. The fourth-order valence-electron chi connectivity index (χ4n) is 2.79. The van der Waals surface area contributed by atoms with Crippen molar-refractivity contribution < 1.29 is 19.2 Å². The molecule has 0 aliphatic heterocycles. The highest BCUT2D eigenvalue weighted by atomic mass is 16.6. The number of esters is 1. The van der Waals surface area contributed by atoms with Gasteiger partial charge in [0.15, 0.2) is 6.61 Å². The van der Waals surface area contributed by atoms with Crippen LogP contribution in [0.15, 0.2) is 48.5 Å². The van der Waals surface area contributed by atoms with E-state index in [9.17, 15) is 19.7 Å². The Morgan fingerprint density at radius 3 is 2.55 bits per heavy atom. The van der Waals surface area contributed by atoms with Crippen LogP contribution in [0.4, 0.5) is 11.4 Å². The molecule has 0 aromatic heterocycles. The van der Waals surface area contributed by atoms with Gasteiger partial charge >= 0.3 is 5.97 Å². The number of carbonyl (C=O) groups is 2. The summed E-state index contributed by atoms with van der Waals surface area (Å²) in [7, 11) is 0. The summed E-state index contributed by atoms with van der Waals surface area (Å²) >= 11 is 0. The lowest BCUT2D eigenvalue weighted by molar-refractivity contribution is -0.384. The van der Waals surface area contributed by atoms with Crippen LogP contribution in [0.2, 0.25) is 0 Å². The molecule has 2 aromatic carbocycles. The summed E-state index contributed by atoms with van der Waals surface area (Å²) in [6, 6.07) is 13.5. The molecule has 154 valence electrons. The summed E-state index contributed by atoms with van der Waals surface area (Å²) in [5.41, 5.74) is 1.03. The summed E-state index contributed by atoms with van der Waals surface area (Å²) in [4.78, 5) is 34.8. The van der Waals surface area contributed by atoms with E-state index < -0.39 is 23.4 Å². The third-order valence-corrected chi connectivity index (χ3v) is 4.22. The van der Waals surface area contributed by atoms with E-state index in [2.05, 4.69) is 10.6 Å². The predicted octanol–water partition coefficient (Wildman–Crippen LogP) is 3.67. The molecule has 0 aliphatic rings. The maximum Gasteiger partial charge on any atom is 0.338 e. The minimum absolute atomic E-state index is 0.0105. The molecule has 0 heterocycles. The highest BCUT2D eigenvalue weighted by molar-refractivity contribution is 5.93.